The lowest BCUT2D eigenvalue weighted by atomic mass is 10.2. The summed E-state index contributed by atoms with van der Waals surface area (Å²) in [5.41, 5.74) is 1.11. The first-order valence-corrected chi connectivity index (χ1v) is 8.54. The molecule has 23 heavy (non-hydrogen) atoms. The summed E-state index contributed by atoms with van der Waals surface area (Å²) in [6.45, 7) is 4.24. The second-order valence-electron chi connectivity index (χ2n) is 6.49. The number of benzene rings is 1. The molecule has 1 heterocycles. The van der Waals surface area contributed by atoms with Gasteiger partial charge >= 0.3 is 0 Å². The van der Waals surface area contributed by atoms with Crippen molar-refractivity contribution in [3.8, 4) is 0 Å². The van der Waals surface area contributed by atoms with E-state index in [4.69, 9.17) is 0 Å². The summed E-state index contributed by atoms with van der Waals surface area (Å²) in [7, 11) is 0. The van der Waals surface area contributed by atoms with E-state index in [2.05, 4.69) is 10.2 Å². The largest absolute Gasteiger partial charge is 0.351 e. The summed E-state index contributed by atoms with van der Waals surface area (Å²) in [6, 6.07) is 9.93. The summed E-state index contributed by atoms with van der Waals surface area (Å²) in [6.07, 6.45) is 3.06. The maximum absolute atomic E-state index is 12.1. The highest BCUT2D eigenvalue weighted by atomic mass is 16.2. The van der Waals surface area contributed by atoms with Gasteiger partial charge in [0.1, 0.15) is 0 Å². The maximum Gasteiger partial charge on any atom is 0.234 e. The van der Waals surface area contributed by atoms with Gasteiger partial charge in [-0.2, -0.15) is 0 Å². The molecule has 1 saturated carbocycles. The van der Waals surface area contributed by atoms with E-state index in [-0.39, 0.29) is 11.8 Å². The van der Waals surface area contributed by atoms with Crippen LogP contribution in [-0.4, -0.2) is 54.3 Å². The average molecular weight is 315 g/mol. The van der Waals surface area contributed by atoms with Crippen LogP contribution < -0.4 is 5.32 Å². The molecule has 1 aliphatic carbocycles. The second-order valence-corrected chi connectivity index (χ2v) is 6.49. The minimum absolute atomic E-state index is 0.0517. The van der Waals surface area contributed by atoms with Crippen molar-refractivity contribution in [1.29, 1.82) is 0 Å². The van der Waals surface area contributed by atoms with E-state index in [1.54, 1.807) is 0 Å². The summed E-state index contributed by atoms with van der Waals surface area (Å²) >= 11 is 0. The molecule has 2 aliphatic rings. The molecule has 1 N–H and O–H groups in total. The van der Waals surface area contributed by atoms with Crippen LogP contribution in [0.1, 0.15) is 24.8 Å². The van der Waals surface area contributed by atoms with E-state index in [1.807, 2.05) is 35.2 Å². The molecule has 0 aromatic heterocycles. The Morgan fingerprint density at radius 2 is 1.83 bits per heavy atom. The molecule has 1 saturated heterocycles. The smallest absolute Gasteiger partial charge is 0.234 e. The number of amides is 2. The quantitative estimate of drug-likeness (QED) is 0.890. The number of rotatable bonds is 5. The van der Waals surface area contributed by atoms with E-state index in [0.29, 0.717) is 19.0 Å². The van der Waals surface area contributed by atoms with Crippen molar-refractivity contribution >= 4 is 11.8 Å². The molecule has 3 rings (SSSR count). The van der Waals surface area contributed by atoms with Crippen molar-refractivity contribution in [2.45, 2.75) is 25.8 Å². The molecule has 5 heteroatoms. The lowest BCUT2D eigenvalue weighted by Crippen LogP contribution is -2.40. The van der Waals surface area contributed by atoms with Crippen molar-refractivity contribution in [1.82, 2.24) is 15.1 Å². The first-order chi connectivity index (χ1) is 11.2. The Labute approximate surface area is 137 Å². The fourth-order valence-corrected chi connectivity index (χ4v) is 2.99. The van der Waals surface area contributed by atoms with Crippen LogP contribution in [0.15, 0.2) is 30.3 Å². The number of nitrogens with one attached hydrogen (secondary N) is 1. The van der Waals surface area contributed by atoms with Crippen molar-refractivity contribution in [3.05, 3.63) is 35.9 Å². The van der Waals surface area contributed by atoms with E-state index in [1.165, 1.54) is 0 Å². The van der Waals surface area contributed by atoms with Gasteiger partial charge < -0.3 is 10.2 Å². The summed E-state index contributed by atoms with van der Waals surface area (Å²) in [5.74, 6) is 0.659. The lowest BCUT2D eigenvalue weighted by Gasteiger charge is -2.21. The minimum atomic E-state index is 0.0517. The van der Waals surface area contributed by atoms with Crippen LogP contribution in [-0.2, 0) is 16.1 Å². The van der Waals surface area contributed by atoms with Crippen LogP contribution in [0.2, 0.25) is 0 Å². The third-order valence-corrected chi connectivity index (χ3v) is 4.53. The van der Waals surface area contributed by atoms with Crippen LogP contribution in [0.25, 0.3) is 0 Å². The second kappa shape index (κ2) is 7.59. The fourth-order valence-electron chi connectivity index (χ4n) is 2.99. The van der Waals surface area contributed by atoms with Crippen molar-refractivity contribution in [2.75, 3.05) is 32.7 Å². The van der Waals surface area contributed by atoms with Crippen LogP contribution in [0.4, 0.5) is 0 Å². The Morgan fingerprint density at radius 3 is 2.57 bits per heavy atom. The molecule has 0 atom stereocenters. The zero-order valence-corrected chi connectivity index (χ0v) is 13.5. The molecule has 0 radical (unpaired) electrons. The lowest BCUT2D eigenvalue weighted by molar-refractivity contribution is -0.132. The molecule has 2 amide bonds. The molecular weight excluding hydrogens is 290 g/mol. The van der Waals surface area contributed by atoms with Crippen molar-refractivity contribution in [3.63, 3.8) is 0 Å². The minimum Gasteiger partial charge on any atom is -0.351 e. The van der Waals surface area contributed by atoms with Crippen molar-refractivity contribution < 1.29 is 9.59 Å². The topological polar surface area (TPSA) is 52.7 Å². The molecule has 124 valence electrons. The van der Waals surface area contributed by atoms with Gasteiger partial charge in [-0.3, -0.25) is 14.5 Å². The van der Waals surface area contributed by atoms with Crippen LogP contribution in [0.5, 0.6) is 0 Å². The van der Waals surface area contributed by atoms with Crippen molar-refractivity contribution in [2.24, 2.45) is 5.92 Å². The highest BCUT2D eigenvalue weighted by Crippen LogP contribution is 2.31. The van der Waals surface area contributed by atoms with Gasteiger partial charge in [0.15, 0.2) is 0 Å². The fraction of sp³-hybridized carbons (Fsp3) is 0.556. The van der Waals surface area contributed by atoms with Gasteiger partial charge in [0.2, 0.25) is 11.8 Å². The van der Waals surface area contributed by atoms with E-state index in [0.717, 1.165) is 51.0 Å². The van der Waals surface area contributed by atoms with Gasteiger partial charge in [-0.05, 0) is 24.8 Å². The van der Waals surface area contributed by atoms with E-state index in [9.17, 15) is 9.59 Å². The van der Waals surface area contributed by atoms with E-state index >= 15 is 0 Å². The molecule has 0 spiro atoms. The number of hydrogen-bond donors (Lipinski definition) is 1. The molecule has 5 nitrogen and oxygen atoms in total. The normalized spacial score (nSPS) is 19.2. The zero-order chi connectivity index (χ0) is 16.1. The van der Waals surface area contributed by atoms with E-state index < -0.39 is 0 Å². The summed E-state index contributed by atoms with van der Waals surface area (Å²) in [4.78, 5) is 28.4. The third kappa shape index (κ3) is 4.79. The average Bonchev–Trinajstić information content (AvgIpc) is 3.41. The molecule has 1 aromatic carbocycles. The standard InChI is InChI=1S/C18H25N3O2/c22-17(19-13-15-5-2-1-3-6-15)14-20-9-4-10-21(12-11-20)18(23)16-7-8-16/h1-3,5-6,16H,4,7-14H2,(H,19,22). The van der Waals surface area contributed by atoms with Crippen LogP contribution >= 0.6 is 0 Å². The molecule has 1 aromatic rings. The first kappa shape index (κ1) is 16.0. The molecule has 1 aliphatic heterocycles. The maximum atomic E-state index is 12.1. The Hall–Kier alpha value is -1.88. The SMILES string of the molecule is O=C(CN1CCCN(C(=O)C2CC2)CC1)NCc1ccccc1. The number of carbonyl (C=O) groups excluding carboxylic acids is 2. The van der Waals surface area contributed by atoms with Gasteiger partial charge in [0.25, 0.3) is 0 Å². The molecule has 0 bridgehead atoms. The van der Waals surface area contributed by atoms with Gasteiger partial charge in [0, 0.05) is 38.6 Å². The summed E-state index contributed by atoms with van der Waals surface area (Å²) < 4.78 is 0. The zero-order valence-electron chi connectivity index (χ0n) is 13.5. The summed E-state index contributed by atoms with van der Waals surface area (Å²) in [5, 5.41) is 2.97. The van der Waals surface area contributed by atoms with Crippen LogP contribution in [0.3, 0.4) is 0 Å². The Morgan fingerprint density at radius 1 is 1.04 bits per heavy atom. The Kier molecular flexibility index (Phi) is 5.28. The number of nitrogens with zero attached hydrogens (tertiary/aromatic N) is 2. The highest BCUT2D eigenvalue weighted by Gasteiger charge is 2.33. The van der Waals surface area contributed by atoms with Crippen LogP contribution in [0, 0.1) is 5.92 Å². The predicted molar refractivity (Wildman–Crippen MR) is 88.6 cm³/mol. The Balaban J connectivity index is 1.41. The van der Waals surface area contributed by atoms with Gasteiger partial charge in [-0.25, -0.2) is 0 Å². The molecule has 2 fully saturated rings. The highest BCUT2D eigenvalue weighted by molar-refractivity contribution is 5.81. The first-order valence-electron chi connectivity index (χ1n) is 8.54. The van der Waals surface area contributed by atoms with Gasteiger partial charge in [0.05, 0.1) is 6.54 Å². The van der Waals surface area contributed by atoms with Gasteiger partial charge in [-0.15, -0.1) is 0 Å². The number of hydrogen-bond acceptors (Lipinski definition) is 3. The Bertz CT molecular complexity index is 542. The monoisotopic (exact) mass is 315 g/mol. The third-order valence-electron chi connectivity index (χ3n) is 4.53. The number of carbonyl (C=O) groups is 2. The molecular formula is C18H25N3O2. The van der Waals surface area contributed by atoms with Gasteiger partial charge in [-0.1, -0.05) is 30.3 Å². The predicted octanol–water partition coefficient (Wildman–Crippen LogP) is 1.25. The molecule has 0 unspecified atom stereocenters.